The molecule has 134 valence electrons. The van der Waals surface area contributed by atoms with Crippen molar-refractivity contribution >= 4 is 29.5 Å². The van der Waals surface area contributed by atoms with Crippen LogP contribution in [0.4, 0.5) is 5.69 Å². The molecule has 1 amide bonds. The van der Waals surface area contributed by atoms with Crippen molar-refractivity contribution in [1.29, 1.82) is 5.26 Å². The van der Waals surface area contributed by atoms with Gasteiger partial charge in [0, 0.05) is 11.8 Å². The number of carbonyl (C=O) groups is 2. The van der Waals surface area contributed by atoms with E-state index in [0.717, 1.165) is 6.42 Å². The smallest absolute Gasteiger partial charge is 0.262 e. The van der Waals surface area contributed by atoms with Gasteiger partial charge in [0.25, 0.3) is 5.91 Å². The van der Waals surface area contributed by atoms with E-state index in [1.165, 1.54) is 12.1 Å². The highest BCUT2D eigenvalue weighted by Crippen LogP contribution is 2.24. The van der Waals surface area contributed by atoms with Crippen molar-refractivity contribution < 1.29 is 19.1 Å². The Morgan fingerprint density at radius 2 is 2.08 bits per heavy atom. The van der Waals surface area contributed by atoms with Gasteiger partial charge in [-0.2, -0.15) is 5.26 Å². The summed E-state index contributed by atoms with van der Waals surface area (Å²) in [4.78, 5) is 23.2. The number of benzene rings is 2. The van der Waals surface area contributed by atoms with Crippen LogP contribution in [-0.4, -0.2) is 25.4 Å². The molecule has 0 atom stereocenters. The summed E-state index contributed by atoms with van der Waals surface area (Å²) in [5.41, 5.74) is 1.08. The molecule has 2 aromatic rings. The fourth-order valence-electron chi connectivity index (χ4n) is 2.07. The summed E-state index contributed by atoms with van der Waals surface area (Å²) in [6.45, 7) is 2.23. The molecular weight excluding hydrogens is 356 g/mol. The molecular formula is C19H17ClN2O4. The summed E-state index contributed by atoms with van der Waals surface area (Å²) in [5.74, 6) is 0.399. The van der Waals surface area contributed by atoms with Crippen LogP contribution in [0.1, 0.15) is 29.3 Å². The molecule has 0 unspecified atom stereocenters. The highest BCUT2D eigenvalue weighted by Gasteiger charge is 2.10. The molecule has 0 spiro atoms. The first-order valence-corrected chi connectivity index (χ1v) is 8.29. The number of anilines is 1. The van der Waals surface area contributed by atoms with Crippen LogP contribution in [0.3, 0.4) is 0 Å². The number of carbonyl (C=O) groups excluding carboxylic acids is 2. The van der Waals surface area contributed by atoms with E-state index in [4.69, 9.17) is 26.3 Å². The van der Waals surface area contributed by atoms with Crippen molar-refractivity contribution in [2.45, 2.75) is 13.3 Å². The third kappa shape index (κ3) is 5.23. The first kappa shape index (κ1) is 19.3. The van der Waals surface area contributed by atoms with Crippen molar-refractivity contribution in [3.8, 4) is 17.6 Å². The Morgan fingerprint density at radius 3 is 2.73 bits per heavy atom. The second kappa shape index (κ2) is 9.44. The van der Waals surface area contributed by atoms with E-state index < -0.39 is 5.91 Å². The van der Waals surface area contributed by atoms with Crippen LogP contribution in [0.15, 0.2) is 36.4 Å². The number of hydrogen-bond acceptors (Lipinski definition) is 5. The molecule has 6 nitrogen and oxygen atoms in total. The minimum absolute atomic E-state index is 0.246. The van der Waals surface area contributed by atoms with Crippen LogP contribution in [-0.2, 0) is 4.79 Å². The summed E-state index contributed by atoms with van der Waals surface area (Å²) >= 11 is 5.93. The number of halogens is 1. The van der Waals surface area contributed by atoms with E-state index in [9.17, 15) is 9.59 Å². The Balaban J connectivity index is 2.01. The highest BCUT2D eigenvalue weighted by molar-refractivity contribution is 6.32. The minimum Gasteiger partial charge on any atom is -0.493 e. The SMILES string of the molecule is CCCOc1ccc(C=O)c(OCC(=O)Nc2ccc(C#N)c(Cl)c2)c1. The molecule has 0 aliphatic heterocycles. The van der Waals surface area contributed by atoms with Gasteiger partial charge in [0.05, 0.1) is 22.8 Å². The van der Waals surface area contributed by atoms with Crippen LogP contribution in [0.5, 0.6) is 11.5 Å². The number of aldehydes is 1. The summed E-state index contributed by atoms with van der Waals surface area (Å²) in [6, 6.07) is 11.3. The standard InChI is InChI=1S/C19H17ClN2O4/c1-2-7-25-16-6-4-14(11-23)18(9-16)26-12-19(24)22-15-5-3-13(10-21)17(20)8-15/h3-6,8-9,11H,2,7,12H2,1H3,(H,22,24). The molecule has 0 aliphatic carbocycles. The molecule has 0 radical (unpaired) electrons. The monoisotopic (exact) mass is 372 g/mol. The van der Waals surface area contributed by atoms with Crippen molar-refractivity contribution in [3.63, 3.8) is 0 Å². The maximum atomic E-state index is 12.0. The van der Waals surface area contributed by atoms with Gasteiger partial charge < -0.3 is 14.8 Å². The number of nitrogens with zero attached hydrogens (tertiary/aromatic N) is 1. The molecule has 0 aliphatic rings. The van der Waals surface area contributed by atoms with Gasteiger partial charge in [0.2, 0.25) is 0 Å². The van der Waals surface area contributed by atoms with E-state index in [0.29, 0.717) is 35.5 Å². The zero-order chi connectivity index (χ0) is 18.9. The van der Waals surface area contributed by atoms with E-state index in [1.54, 1.807) is 24.3 Å². The van der Waals surface area contributed by atoms with E-state index >= 15 is 0 Å². The number of nitrogens with one attached hydrogen (secondary N) is 1. The maximum Gasteiger partial charge on any atom is 0.262 e. The number of nitriles is 1. The van der Waals surface area contributed by atoms with Crippen LogP contribution >= 0.6 is 11.6 Å². The summed E-state index contributed by atoms with van der Waals surface area (Å²) < 4.78 is 10.9. The fraction of sp³-hybridized carbons (Fsp3) is 0.211. The molecule has 0 saturated heterocycles. The molecule has 1 N–H and O–H groups in total. The quantitative estimate of drug-likeness (QED) is 0.711. The number of hydrogen-bond donors (Lipinski definition) is 1. The minimum atomic E-state index is -0.428. The first-order valence-electron chi connectivity index (χ1n) is 7.91. The summed E-state index contributed by atoms with van der Waals surface area (Å²) in [6.07, 6.45) is 1.50. The van der Waals surface area contributed by atoms with Crippen molar-refractivity contribution in [1.82, 2.24) is 0 Å². The van der Waals surface area contributed by atoms with Crippen LogP contribution in [0.25, 0.3) is 0 Å². The lowest BCUT2D eigenvalue weighted by Crippen LogP contribution is -2.20. The second-order valence-corrected chi connectivity index (χ2v) is 5.72. The highest BCUT2D eigenvalue weighted by atomic mass is 35.5. The molecule has 0 heterocycles. The fourth-order valence-corrected chi connectivity index (χ4v) is 2.29. The number of ether oxygens (including phenoxy) is 2. The van der Waals surface area contributed by atoms with Gasteiger partial charge in [0.15, 0.2) is 12.9 Å². The molecule has 0 saturated carbocycles. The lowest BCUT2D eigenvalue weighted by Gasteiger charge is -2.11. The summed E-state index contributed by atoms with van der Waals surface area (Å²) in [5, 5.41) is 11.7. The summed E-state index contributed by atoms with van der Waals surface area (Å²) in [7, 11) is 0. The maximum absolute atomic E-state index is 12.0. The average Bonchev–Trinajstić information content (AvgIpc) is 2.65. The van der Waals surface area contributed by atoms with Gasteiger partial charge in [-0.3, -0.25) is 9.59 Å². The largest absolute Gasteiger partial charge is 0.493 e. The van der Waals surface area contributed by atoms with E-state index in [-0.39, 0.29) is 17.4 Å². The molecule has 26 heavy (non-hydrogen) atoms. The van der Waals surface area contributed by atoms with Gasteiger partial charge in [-0.15, -0.1) is 0 Å². The van der Waals surface area contributed by atoms with Gasteiger partial charge in [-0.25, -0.2) is 0 Å². The topological polar surface area (TPSA) is 88.4 Å². The van der Waals surface area contributed by atoms with E-state index in [1.807, 2.05) is 13.0 Å². The van der Waals surface area contributed by atoms with E-state index in [2.05, 4.69) is 5.32 Å². The third-order valence-corrected chi connectivity index (χ3v) is 3.63. The Bertz CT molecular complexity index is 846. The van der Waals surface area contributed by atoms with Gasteiger partial charge >= 0.3 is 0 Å². The van der Waals surface area contributed by atoms with Gasteiger partial charge in [-0.05, 0) is 36.8 Å². The lowest BCUT2D eigenvalue weighted by atomic mass is 10.2. The van der Waals surface area contributed by atoms with Crippen LogP contribution in [0, 0.1) is 11.3 Å². The molecule has 0 fully saturated rings. The molecule has 7 heteroatoms. The first-order chi connectivity index (χ1) is 12.6. The normalized spacial score (nSPS) is 9.88. The zero-order valence-electron chi connectivity index (χ0n) is 14.1. The second-order valence-electron chi connectivity index (χ2n) is 5.31. The van der Waals surface area contributed by atoms with Crippen molar-refractivity contribution in [2.24, 2.45) is 0 Å². The number of amides is 1. The molecule has 2 rings (SSSR count). The number of rotatable bonds is 8. The molecule has 2 aromatic carbocycles. The Hall–Kier alpha value is -3.04. The predicted molar refractivity (Wildman–Crippen MR) is 97.9 cm³/mol. The lowest BCUT2D eigenvalue weighted by molar-refractivity contribution is -0.118. The zero-order valence-corrected chi connectivity index (χ0v) is 14.9. The average molecular weight is 373 g/mol. The van der Waals surface area contributed by atoms with Crippen molar-refractivity contribution in [3.05, 3.63) is 52.5 Å². The molecule has 0 bridgehead atoms. The Labute approximate surface area is 156 Å². The molecule has 0 aromatic heterocycles. The van der Waals surface area contributed by atoms with Crippen LogP contribution < -0.4 is 14.8 Å². The van der Waals surface area contributed by atoms with Gasteiger partial charge in [-0.1, -0.05) is 18.5 Å². The van der Waals surface area contributed by atoms with Crippen LogP contribution in [0.2, 0.25) is 5.02 Å². The Morgan fingerprint density at radius 1 is 1.27 bits per heavy atom. The predicted octanol–water partition coefficient (Wildman–Crippen LogP) is 3.83. The van der Waals surface area contributed by atoms with Gasteiger partial charge in [0.1, 0.15) is 17.6 Å². The van der Waals surface area contributed by atoms with Crippen molar-refractivity contribution in [2.75, 3.05) is 18.5 Å². The third-order valence-electron chi connectivity index (χ3n) is 3.32. The Kier molecular flexibility index (Phi) is 7.01.